The molecule has 0 N–H and O–H groups in total. The molecule has 28 heteroatoms. The molecule has 0 saturated heterocycles. The summed E-state index contributed by atoms with van der Waals surface area (Å²) in [5.74, 6) is -63.6. The fourth-order valence-electron chi connectivity index (χ4n) is 2.09. The normalized spacial score (nSPS) is 15.7. The van der Waals surface area contributed by atoms with Crippen molar-refractivity contribution in [3.63, 3.8) is 0 Å². The van der Waals surface area contributed by atoms with E-state index in [0.29, 0.717) is 0 Å². The Morgan fingerprint density at radius 3 is 1.05 bits per heavy atom. The zero-order valence-electron chi connectivity index (χ0n) is 17.7. The van der Waals surface area contributed by atoms with E-state index in [4.69, 9.17) is 0 Å². The fraction of sp³-hybridized carbons (Fsp3) is 0.571. The molecule has 248 valence electrons. The number of hydrogen-bond acceptors (Lipinski definition) is 3. The summed E-state index contributed by atoms with van der Waals surface area (Å²) in [6.45, 7) is 0. The van der Waals surface area contributed by atoms with E-state index in [-0.39, 0.29) is 0 Å². The molecule has 0 aliphatic carbocycles. The fourth-order valence-corrected chi connectivity index (χ4v) is 8.69. The number of halogens is 24. The molecule has 42 heavy (non-hydrogen) atoms. The van der Waals surface area contributed by atoms with Gasteiger partial charge in [0.2, 0.25) is 0 Å². The number of rotatable bonds is 9. The van der Waals surface area contributed by atoms with E-state index in [9.17, 15) is 109 Å². The summed E-state index contributed by atoms with van der Waals surface area (Å²) in [4.78, 5) is 0. The molecule has 0 aliphatic heterocycles. The average molecular weight is 812 g/mol. The molecule has 0 spiro atoms. The number of hydrogen-bond donors (Lipinski definition) is 0. The molecule has 1 aromatic rings. The van der Waals surface area contributed by atoms with Crippen molar-refractivity contribution in [2.24, 2.45) is 0 Å². The molecular weight excluding hydrogens is 812 g/mol. The molecule has 0 aromatic heterocycles. The van der Waals surface area contributed by atoms with Gasteiger partial charge in [-0.1, -0.05) is 0 Å². The zero-order valence-corrected chi connectivity index (χ0v) is 20.7. The Bertz CT molecular complexity index is 1280. The molecule has 0 aliphatic rings. The van der Waals surface area contributed by atoms with Crippen molar-refractivity contribution in [2.75, 3.05) is 0 Å². The van der Waals surface area contributed by atoms with Gasteiger partial charge >= 0.3 is 220 Å². The second-order valence-electron chi connectivity index (χ2n) is 6.96. The molecule has 0 heterocycles. The summed E-state index contributed by atoms with van der Waals surface area (Å²) in [7, 11) is -8.17. The van der Waals surface area contributed by atoms with Gasteiger partial charge in [0, 0.05) is 0 Å². The van der Waals surface area contributed by atoms with Gasteiger partial charge in [0.25, 0.3) is 0 Å². The van der Waals surface area contributed by atoms with Gasteiger partial charge in [-0.2, -0.15) is 0 Å². The molecule has 0 fully saturated rings. The minimum atomic E-state index is -9.15. The average Bonchev–Trinajstić information content (AvgIpc) is 2.78. The molecule has 0 unspecified atom stereocenters. The molecule has 3 nitrogen and oxygen atoms in total. The Kier molecular flexibility index (Phi) is 9.49. The SMILES string of the molecule is O=S(=O)(OI(c1c(F)c(F)c(F)c(F)c1F)C(F)(F)C(F)(F)C(F)(F)C(F)(F)C(F)(F)C(F)(F)C(F)(F)F)C(F)(F)F. The van der Waals surface area contributed by atoms with Crippen molar-refractivity contribution in [1.29, 1.82) is 0 Å². The van der Waals surface area contributed by atoms with Crippen molar-refractivity contribution in [3.05, 3.63) is 32.7 Å². The van der Waals surface area contributed by atoms with E-state index in [2.05, 4.69) is 2.51 Å². The molecule has 0 radical (unpaired) electrons. The Balaban J connectivity index is 4.22. The summed E-state index contributed by atoms with van der Waals surface area (Å²) in [6.07, 6.45) is -8.08. The van der Waals surface area contributed by atoms with Gasteiger partial charge in [-0.3, -0.25) is 0 Å². The van der Waals surface area contributed by atoms with Crippen molar-refractivity contribution in [2.45, 2.75) is 45.2 Å². The topological polar surface area (TPSA) is 43.4 Å². The summed E-state index contributed by atoms with van der Waals surface area (Å²) in [6, 6.07) is 0. The number of alkyl halides is 19. The van der Waals surface area contributed by atoms with Crippen LogP contribution in [0, 0.1) is 32.7 Å². The summed E-state index contributed by atoms with van der Waals surface area (Å²) in [5.41, 5.74) is -7.27. The molecule has 1 aromatic carbocycles. The van der Waals surface area contributed by atoms with Crippen LogP contribution in [0.4, 0.5) is 101 Å². The first-order valence-electron chi connectivity index (χ1n) is 8.58. The van der Waals surface area contributed by atoms with Crippen LogP contribution >= 0.6 is 20.2 Å². The van der Waals surface area contributed by atoms with E-state index in [1.54, 1.807) is 0 Å². The first kappa shape index (κ1) is 38.3. The third-order valence-electron chi connectivity index (χ3n) is 4.26. The van der Waals surface area contributed by atoms with Gasteiger partial charge in [0.15, 0.2) is 0 Å². The summed E-state index contributed by atoms with van der Waals surface area (Å²) >= 11 is -8.62. The van der Waals surface area contributed by atoms with Crippen molar-refractivity contribution < 1.29 is 112 Å². The van der Waals surface area contributed by atoms with Crippen LogP contribution in [-0.4, -0.2) is 53.6 Å². The quantitative estimate of drug-likeness (QED) is 0.0632. The van der Waals surface area contributed by atoms with E-state index in [1.165, 1.54) is 0 Å². The van der Waals surface area contributed by atoms with E-state index >= 15 is 0 Å². The van der Waals surface area contributed by atoms with Gasteiger partial charge in [-0.25, -0.2) is 0 Å². The Morgan fingerprint density at radius 1 is 0.452 bits per heavy atom. The predicted octanol–water partition coefficient (Wildman–Crippen LogP) is 8.17. The maximum absolute atomic E-state index is 14.6. The second-order valence-corrected chi connectivity index (χ2v) is 13.4. The zero-order chi connectivity index (χ0) is 34.2. The third-order valence-corrected chi connectivity index (χ3v) is 11.5. The third kappa shape index (κ3) is 5.28. The molecule has 0 bridgehead atoms. The van der Waals surface area contributed by atoms with Crippen molar-refractivity contribution in [1.82, 2.24) is 0 Å². The molecular formula is C14F23IO3S. The van der Waals surface area contributed by atoms with Gasteiger partial charge < -0.3 is 0 Å². The Morgan fingerprint density at radius 2 is 0.738 bits per heavy atom. The van der Waals surface area contributed by atoms with Crippen molar-refractivity contribution >= 4 is 30.4 Å². The maximum atomic E-state index is 14.6. The first-order valence-corrected chi connectivity index (χ1v) is 13.0. The van der Waals surface area contributed by atoms with Gasteiger partial charge in [-0.05, 0) is 0 Å². The van der Waals surface area contributed by atoms with Crippen LogP contribution in [0.3, 0.4) is 0 Å². The standard InChI is InChI=1S/C14F23IO3S/c15-1-2(16)4(18)6(5(19)3(1)17)38(41-42(39,40)14(35,36)37)13(33,34)11(28,29)9(24,25)7(20,21)8(22,23)10(26,27)12(30,31)32. The molecule has 0 amide bonds. The summed E-state index contributed by atoms with van der Waals surface area (Å²) < 4.78 is 319. The predicted molar refractivity (Wildman–Crippen MR) is 90.7 cm³/mol. The van der Waals surface area contributed by atoms with Crippen LogP contribution in [0.25, 0.3) is 0 Å². The monoisotopic (exact) mass is 812 g/mol. The van der Waals surface area contributed by atoms with Crippen LogP contribution in [0.1, 0.15) is 0 Å². The molecule has 0 saturated carbocycles. The Hall–Kier alpha value is -1.75. The second kappa shape index (κ2) is 10.4. The van der Waals surface area contributed by atoms with Gasteiger partial charge in [0.05, 0.1) is 0 Å². The van der Waals surface area contributed by atoms with E-state index in [1.807, 2.05) is 0 Å². The molecule has 0 atom stereocenters. The van der Waals surface area contributed by atoms with Gasteiger partial charge in [0.1, 0.15) is 0 Å². The van der Waals surface area contributed by atoms with Crippen LogP contribution in [-0.2, 0) is 12.6 Å². The van der Waals surface area contributed by atoms with Crippen LogP contribution < -0.4 is 0 Å². The number of benzene rings is 1. The molecule has 1 rings (SSSR count). The van der Waals surface area contributed by atoms with Crippen LogP contribution in [0.2, 0.25) is 0 Å². The minimum absolute atomic E-state index is 2.31. The Labute approximate surface area is 220 Å². The van der Waals surface area contributed by atoms with Crippen LogP contribution in [0.5, 0.6) is 0 Å². The van der Waals surface area contributed by atoms with Crippen LogP contribution in [0.15, 0.2) is 0 Å². The van der Waals surface area contributed by atoms with Crippen molar-refractivity contribution in [3.8, 4) is 0 Å². The van der Waals surface area contributed by atoms with E-state index < -0.39 is 108 Å². The van der Waals surface area contributed by atoms with E-state index in [0.717, 1.165) is 0 Å². The van der Waals surface area contributed by atoms with Gasteiger partial charge in [-0.15, -0.1) is 0 Å². The summed E-state index contributed by atoms with van der Waals surface area (Å²) in [5, 5.41) is 0. The first-order chi connectivity index (χ1) is 18.0.